The Labute approximate surface area is 83.8 Å². The Bertz CT molecular complexity index is 372. The van der Waals surface area contributed by atoms with Gasteiger partial charge >= 0.3 is 5.97 Å². The maximum atomic E-state index is 13.0. The van der Waals surface area contributed by atoms with Crippen LogP contribution in [0.25, 0.3) is 0 Å². The Kier molecular flexibility index (Phi) is 3.19. The highest BCUT2D eigenvalue weighted by Gasteiger charge is 2.19. The van der Waals surface area contributed by atoms with Crippen LogP contribution in [0.1, 0.15) is 10.5 Å². The number of aromatic nitrogens is 2. The Morgan fingerprint density at radius 3 is 2.57 bits per heavy atom. The van der Waals surface area contributed by atoms with Crippen molar-refractivity contribution in [2.75, 3.05) is 14.2 Å². The van der Waals surface area contributed by atoms with Crippen molar-refractivity contribution in [1.82, 2.24) is 9.97 Å². The third-order valence-corrected chi connectivity index (χ3v) is 1.60. The zero-order valence-electron chi connectivity index (χ0n) is 7.38. The predicted octanol–water partition coefficient (Wildman–Crippen LogP) is 1.06. The molecular formula is C7H6ClFN2O3. The first-order chi connectivity index (χ1) is 6.60. The van der Waals surface area contributed by atoms with Gasteiger partial charge in [-0.2, -0.15) is 9.37 Å². The first-order valence-electron chi connectivity index (χ1n) is 3.45. The molecule has 0 saturated heterocycles. The molecular weight excluding hydrogens is 215 g/mol. The summed E-state index contributed by atoms with van der Waals surface area (Å²) in [6.45, 7) is 0. The zero-order valence-corrected chi connectivity index (χ0v) is 8.13. The van der Waals surface area contributed by atoms with Crippen LogP contribution < -0.4 is 4.74 Å². The summed E-state index contributed by atoms with van der Waals surface area (Å²) in [5.74, 6) is -2.21. The summed E-state index contributed by atoms with van der Waals surface area (Å²) >= 11 is 5.53. The van der Waals surface area contributed by atoms with E-state index < -0.39 is 17.6 Å². The van der Waals surface area contributed by atoms with Gasteiger partial charge in [0, 0.05) is 0 Å². The molecule has 0 unspecified atom stereocenters. The van der Waals surface area contributed by atoms with Gasteiger partial charge in [-0.3, -0.25) is 0 Å². The molecule has 1 aromatic rings. The Balaban J connectivity index is 3.21. The van der Waals surface area contributed by atoms with Crippen LogP contribution in [-0.4, -0.2) is 30.2 Å². The quantitative estimate of drug-likeness (QED) is 0.698. The first kappa shape index (κ1) is 10.6. The van der Waals surface area contributed by atoms with Crippen LogP contribution in [0.2, 0.25) is 5.15 Å². The summed E-state index contributed by atoms with van der Waals surface area (Å²) in [4.78, 5) is 17.6. The van der Waals surface area contributed by atoms with Crippen LogP contribution in [-0.2, 0) is 4.74 Å². The van der Waals surface area contributed by atoms with Crippen molar-refractivity contribution < 1.29 is 18.7 Å². The molecule has 14 heavy (non-hydrogen) atoms. The molecule has 1 heterocycles. The fourth-order valence-corrected chi connectivity index (χ4v) is 0.941. The van der Waals surface area contributed by atoms with Crippen LogP contribution in [0.3, 0.4) is 0 Å². The Morgan fingerprint density at radius 1 is 1.43 bits per heavy atom. The number of halogens is 2. The first-order valence-corrected chi connectivity index (χ1v) is 3.83. The van der Waals surface area contributed by atoms with Gasteiger partial charge in [0.25, 0.3) is 5.88 Å². The molecule has 0 aliphatic rings. The molecule has 5 nitrogen and oxygen atoms in total. The Morgan fingerprint density at radius 2 is 2.07 bits per heavy atom. The van der Waals surface area contributed by atoms with E-state index >= 15 is 0 Å². The molecule has 0 spiro atoms. The van der Waals surface area contributed by atoms with E-state index in [1.54, 1.807) is 0 Å². The molecule has 0 radical (unpaired) electrons. The van der Waals surface area contributed by atoms with Gasteiger partial charge in [0.1, 0.15) is 0 Å². The topological polar surface area (TPSA) is 61.3 Å². The largest absolute Gasteiger partial charge is 0.479 e. The lowest BCUT2D eigenvalue weighted by molar-refractivity contribution is 0.0586. The highest BCUT2D eigenvalue weighted by atomic mass is 35.5. The van der Waals surface area contributed by atoms with E-state index in [-0.39, 0.29) is 11.0 Å². The zero-order chi connectivity index (χ0) is 10.7. The van der Waals surface area contributed by atoms with Crippen LogP contribution in [0.4, 0.5) is 4.39 Å². The Hall–Kier alpha value is -1.43. The van der Waals surface area contributed by atoms with Gasteiger partial charge in [-0.05, 0) is 0 Å². The number of hydrogen-bond donors (Lipinski definition) is 0. The molecule has 76 valence electrons. The maximum absolute atomic E-state index is 13.0. The third-order valence-electron chi connectivity index (χ3n) is 1.35. The minimum atomic E-state index is -1.09. The van der Waals surface area contributed by atoms with Crippen LogP contribution in [0, 0.1) is 5.95 Å². The number of ether oxygens (including phenoxy) is 2. The van der Waals surface area contributed by atoms with E-state index in [0.29, 0.717) is 0 Å². The molecule has 0 amide bonds. The number of carbonyl (C=O) groups excluding carboxylic acids is 1. The maximum Gasteiger partial charge on any atom is 0.361 e. The molecule has 7 heteroatoms. The van der Waals surface area contributed by atoms with Crippen molar-refractivity contribution >= 4 is 17.6 Å². The second-order valence-corrected chi connectivity index (χ2v) is 2.51. The second kappa shape index (κ2) is 4.19. The van der Waals surface area contributed by atoms with E-state index in [4.69, 9.17) is 11.6 Å². The van der Waals surface area contributed by atoms with Gasteiger partial charge in [-0.1, -0.05) is 11.6 Å². The third kappa shape index (κ3) is 1.90. The summed E-state index contributed by atoms with van der Waals surface area (Å²) in [6, 6.07) is 0. The monoisotopic (exact) mass is 220 g/mol. The van der Waals surface area contributed by atoms with Gasteiger partial charge in [0.2, 0.25) is 11.6 Å². The molecule has 0 fully saturated rings. The molecule has 0 aliphatic carbocycles. The average molecular weight is 221 g/mol. The van der Waals surface area contributed by atoms with Gasteiger partial charge in [0.15, 0.2) is 5.15 Å². The smallest absolute Gasteiger partial charge is 0.361 e. The van der Waals surface area contributed by atoms with Crippen LogP contribution >= 0.6 is 11.6 Å². The standard InChI is InChI=1S/C7H6ClFN2O3/c1-13-6-4(8)10-3(5(9)11-6)7(12)14-2/h1-2H3. The van der Waals surface area contributed by atoms with Gasteiger partial charge < -0.3 is 9.47 Å². The van der Waals surface area contributed by atoms with E-state index in [9.17, 15) is 9.18 Å². The van der Waals surface area contributed by atoms with Gasteiger partial charge in [-0.25, -0.2) is 9.78 Å². The average Bonchev–Trinajstić information content (AvgIpc) is 2.19. The van der Waals surface area contributed by atoms with Crippen molar-refractivity contribution in [3.8, 4) is 5.88 Å². The SMILES string of the molecule is COC(=O)c1nc(Cl)c(OC)nc1F. The minimum Gasteiger partial charge on any atom is -0.479 e. The molecule has 0 bridgehead atoms. The number of nitrogens with zero attached hydrogens (tertiary/aromatic N) is 2. The summed E-state index contributed by atoms with van der Waals surface area (Å²) in [5.41, 5.74) is -0.571. The van der Waals surface area contributed by atoms with Crippen molar-refractivity contribution in [3.05, 3.63) is 16.8 Å². The number of methoxy groups -OCH3 is 2. The fourth-order valence-electron chi connectivity index (χ4n) is 0.737. The van der Waals surface area contributed by atoms with Gasteiger partial charge in [-0.15, -0.1) is 0 Å². The number of carbonyl (C=O) groups is 1. The summed E-state index contributed by atoms with van der Waals surface area (Å²) < 4.78 is 21.9. The number of rotatable bonds is 2. The molecule has 1 rings (SSSR count). The highest BCUT2D eigenvalue weighted by Crippen LogP contribution is 2.20. The van der Waals surface area contributed by atoms with E-state index in [2.05, 4.69) is 19.4 Å². The lowest BCUT2D eigenvalue weighted by Crippen LogP contribution is -2.10. The van der Waals surface area contributed by atoms with Crippen molar-refractivity contribution in [3.63, 3.8) is 0 Å². The van der Waals surface area contributed by atoms with E-state index in [0.717, 1.165) is 7.11 Å². The predicted molar refractivity (Wildman–Crippen MR) is 44.9 cm³/mol. The van der Waals surface area contributed by atoms with Crippen molar-refractivity contribution in [1.29, 1.82) is 0 Å². The molecule has 0 aromatic carbocycles. The molecule has 0 atom stereocenters. The van der Waals surface area contributed by atoms with Crippen molar-refractivity contribution in [2.24, 2.45) is 0 Å². The van der Waals surface area contributed by atoms with E-state index in [1.807, 2.05) is 0 Å². The molecule has 0 N–H and O–H groups in total. The minimum absolute atomic E-state index is 0.184. The molecule has 0 saturated carbocycles. The van der Waals surface area contributed by atoms with E-state index in [1.165, 1.54) is 7.11 Å². The molecule has 0 aliphatic heterocycles. The normalized spacial score (nSPS) is 9.71. The summed E-state index contributed by atoms with van der Waals surface area (Å²) in [6.07, 6.45) is 0. The van der Waals surface area contributed by atoms with Crippen LogP contribution in [0.15, 0.2) is 0 Å². The summed E-state index contributed by atoms with van der Waals surface area (Å²) in [7, 11) is 2.36. The fraction of sp³-hybridized carbons (Fsp3) is 0.286. The lowest BCUT2D eigenvalue weighted by Gasteiger charge is -2.03. The lowest BCUT2D eigenvalue weighted by atomic mass is 10.4. The number of esters is 1. The highest BCUT2D eigenvalue weighted by molar-refractivity contribution is 6.30. The van der Waals surface area contributed by atoms with Gasteiger partial charge in [0.05, 0.1) is 14.2 Å². The van der Waals surface area contributed by atoms with Crippen molar-refractivity contribution in [2.45, 2.75) is 0 Å². The number of hydrogen-bond acceptors (Lipinski definition) is 5. The summed E-state index contributed by atoms with van der Waals surface area (Å²) in [5, 5.41) is -0.200. The molecule has 1 aromatic heterocycles. The second-order valence-electron chi connectivity index (χ2n) is 2.15. The van der Waals surface area contributed by atoms with Crippen LogP contribution in [0.5, 0.6) is 5.88 Å².